The number of hydrogen-bond donors (Lipinski definition) is 0. The van der Waals surface area contributed by atoms with Crippen LogP contribution in [0.25, 0.3) is 11.4 Å². The van der Waals surface area contributed by atoms with Crippen molar-refractivity contribution in [2.75, 3.05) is 6.61 Å². The van der Waals surface area contributed by atoms with Crippen molar-refractivity contribution < 1.29 is 18.8 Å². The Bertz CT molecular complexity index is 868. The fourth-order valence-corrected chi connectivity index (χ4v) is 2.39. The Labute approximate surface area is 153 Å². The molecule has 8 heteroatoms. The molecule has 1 heterocycles. The van der Waals surface area contributed by atoms with Crippen LogP contribution in [0.3, 0.4) is 0 Å². The summed E-state index contributed by atoms with van der Waals surface area (Å²) in [5, 5.41) is 4.63. The minimum absolute atomic E-state index is 0.142. The van der Waals surface area contributed by atoms with E-state index in [1.165, 1.54) is 6.07 Å². The number of halogens is 2. The van der Waals surface area contributed by atoms with E-state index in [0.717, 1.165) is 5.56 Å². The maximum Gasteiger partial charge on any atom is 0.344 e. The number of carbonyl (C=O) groups is 1. The lowest BCUT2D eigenvalue weighted by Gasteiger charge is -2.07. The average Bonchev–Trinajstić information content (AvgIpc) is 3.09. The van der Waals surface area contributed by atoms with E-state index in [1.54, 1.807) is 12.1 Å². The lowest BCUT2D eigenvalue weighted by molar-refractivity contribution is -0.148. The van der Waals surface area contributed by atoms with Gasteiger partial charge in [-0.05, 0) is 18.2 Å². The van der Waals surface area contributed by atoms with Gasteiger partial charge in [0.15, 0.2) is 13.2 Å². The van der Waals surface area contributed by atoms with Gasteiger partial charge in [-0.25, -0.2) is 4.79 Å². The number of benzene rings is 2. The van der Waals surface area contributed by atoms with Crippen molar-refractivity contribution in [3.63, 3.8) is 0 Å². The van der Waals surface area contributed by atoms with E-state index in [9.17, 15) is 4.79 Å². The van der Waals surface area contributed by atoms with Crippen molar-refractivity contribution in [1.29, 1.82) is 0 Å². The molecule has 128 valence electrons. The fourth-order valence-electron chi connectivity index (χ4n) is 1.93. The Kier molecular flexibility index (Phi) is 5.53. The molecule has 2 aromatic carbocycles. The van der Waals surface area contributed by atoms with Crippen LogP contribution < -0.4 is 4.74 Å². The minimum Gasteiger partial charge on any atom is -0.480 e. The van der Waals surface area contributed by atoms with Crippen molar-refractivity contribution in [3.05, 3.63) is 64.5 Å². The number of hydrogen-bond acceptors (Lipinski definition) is 6. The van der Waals surface area contributed by atoms with Crippen LogP contribution in [-0.2, 0) is 16.1 Å². The minimum atomic E-state index is -0.592. The van der Waals surface area contributed by atoms with Crippen LogP contribution in [0.4, 0.5) is 0 Å². The number of esters is 1. The van der Waals surface area contributed by atoms with Gasteiger partial charge in [-0.1, -0.05) is 58.7 Å². The van der Waals surface area contributed by atoms with Gasteiger partial charge >= 0.3 is 5.97 Å². The van der Waals surface area contributed by atoms with Gasteiger partial charge in [0.05, 0.1) is 5.02 Å². The predicted molar refractivity (Wildman–Crippen MR) is 91.5 cm³/mol. The molecule has 0 aliphatic carbocycles. The highest BCUT2D eigenvalue weighted by molar-refractivity contribution is 6.35. The maximum absolute atomic E-state index is 11.7. The normalized spacial score (nSPS) is 10.5. The molecule has 3 aromatic rings. The van der Waals surface area contributed by atoms with E-state index >= 15 is 0 Å². The fraction of sp³-hybridized carbons (Fsp3) is 0.118. The van der Waals surface area contributed by atoms with E-state index in [0.29, 0.717) is 21.6 Å². The van der Waals surface area contributed by atoms with Crippen molar-refractivity contribution in [2.45, 2.75) is 6.61 Å². The molecule has 3 rings (SSSR count). The lowest BCUT2D eigenvalue weighted by Crippen LogP contribution is -2.15. The number of nitrogens with zero attached hydrogens (tertiary/aromatic N) is 2. The summed E-state index contributed by atoms with van der Waals surface area (Å²) in [6.07, 6.45) is 0. The van der Waals surface area contributed by atoms with Gasteiger partial charge in [-0.2, -0.15) is 4.98 Å². The molecule has 0 radical (unpaired) electrons. The van der Waals surface area contributed by atoms with Gasteiger partial charge in [0.2, 0.25) is 5.82 Å². The van der Waals surface area contributed by atoms with Crippen LogP contribution in [0.5, 0.6) is 5.75 Å². The number of carbonyl (C=O) groups excluding carboxylic acids is 1. The number of aromatic nitrogens is 2. The van der Waals surface area contributed by atoms with E-state index in [1.807, 2.05) is 30.3 Å². The summed E-state index contributed by atoms with van der Waals surface area (Å²) >= 11 is 11.7. The summed E-state index contributed by atoms with van der Waals surface area (Å²) in [4.78, 5) is 15.9. The molecule has 0 spiro atoms. The molecule has 0 fully saturated rings. The van der Waals surface area contributed by atoms with E-state index < -0.39 is 5.97 Å². The number of ether oxygens (including phenoxy) is 2. The van der Waals surface area contributed by atoms with Crippen LogP contribution >= 0.6 is 23.2 Å². The molecular formula is C17H12Cl2N2O4. The van der Waals surface area contributed by atoms with Crippen molar-refractivity contribution in [3.8, 4) is 17.1 Å². The Morgan fingerprint density at radius 3 is 2.68 bits per heavy atom. The zero-order chi connectivity index (χ0) is 17.6. The molecular weight excluding hydrogens is 367 g/mol. The highest BCUT2D eigenvalue weighted by atomic mass is 35.5. The van der Waals surface area contributed by atoms with E-state index in [-0.39, 0.29) is 19.1 Å². The summed E-state index contributed by atoms with van der Waals surface area (Å²) in [7, 11) is 0. The highest BCUT2D eigenvalue weighted by Crippen LogP contribution is 2.27. The third-order valence-electron chi connectivity index (χ3n) is 3.10. The highest BCUT2D eigenvalue weighted by Gasteiger charge is 2.12. The quantitative estimate of drug-likeness (QED) is 0.599. The Hall–Kier alpha value is -2.57. The maximum atomic E-state index is 11.7. The summed E-state index contributed by atoms with van der Waals surface area (Å²) < 4.78 is 15.4. The van der Waals surface area contributed by atoms with Crippen LogP contribution in [-0.4, -0.2) is 22.7 Å². The SMILES string of the molecule is O=C(COc1ccc(Cl)cc1Cl)OCc1nc(-c2ccccc2)no1. The molecule has 0 saturated heterocycles. The van der Waals surface area contributed by atoms with Crippen LogP contribution in [0.1, 0.15) is 5.89 Å². The molecule has 0 bridgehead atoms. The van der Waals surface area contributed by atoms with Gasteiger partial charge in [0, 0.05) is 10.6 Å². The third kappa shape index (κ3) is 4.71. The second kappa shape index (κ2) is 8.00. The summed E-state index contributed by atoms with van der Waals surface area (Å²) in [6.45, 7) is -0.447. The van der Waals surface area contributed by atoms with Gasteiger partial charge in [-0.3, -0.25) is 0 Å². The lowest BCUT2D eigenvalue weighted by atomic mass is 10.2. The molecule has 0 amide bonds. The van der Waals surface area contributed by atoms with Crippen molar-refractivity contribution in [1.82, 2.24) is 10.1 Å². The molecule has 0 aliphatic rings. The molecule has 6 nitrogen and oxygen atoms in total. The Balaban J connectivity index is 1.50. The second-order valence-corrected chi connectivity index (χ2v) is 5.75. The molecule has 0 aliphatic heterocycles. The summed E-state index contributed by atoms with van der Waals surface area (Å²) in [5.74, 6) is 0.366. The first-order valence-corrected chi connectivity index (χ1v) is 7.99. The van der Waals surface area contributed by atoms with Crippen LogP contribution in [0.15, 0.2) is 53.1 Å². The first-order chi connectivity index (χ1) is 12.1. The zero-order valence-electron chi connectivity index (χ0n) is 12.8. The monoisotopic (exact) mass is 378 g/mol. The molecule has 1 aromatic heterocycles. The Morgan fingerprint density at radius 2 is 1.92 bits per heavy atom. The predicted octanol–water partition coefficient (Wildman–Crippen LogP) is 4.17. The van der Waals surface area contributed by atoms with Gasteiger partial charge in [0.1, 0.15) is 5.75 Å². The molecule has 0 atom stereocenters. The summed E-state index contributed by atoms with van der Waals surface area (Å²) in [5.41, 5.74) is 0.810. The van der Waals surface area contributed by atoms with Crippen molar-refractivity contribution in [2.24, 2.45) is 0 Å². The van der Waals surface area contributed by atoms with E-state index in [2.05, 4.69) is 10.1 Å². The number of rotatable bonds is 6. The standard InChI is InChI=1S/C17H12Cl2N2O4/c18-12-6-7-14(13(19)8-12)23-10-16(22)24-9-15-20-17(21-25-15)11-4-2-1-3-5-11/h1-8H,9-10H2. The van der Waals surface area contributed by atoms with Crippen molar-refractivity contribution >= 4 is 29.2 Å². The van der Waals surface area contributed by atoms with Gasteiger partial charge in [-0.15, -0.1) is 0 Å². The molecule has 25 heavy (non-hydrogen) atoms. The van der Waals surface area contributed by atoms with Crippen LogP contribution in [0.2, 0.25) is 10.0 Å². The first-order valence-electron chi connectivity index (χ1n) is 7.23. The van der Waals surface area contributed by atoms with E-state index in [4.69, 9.17) is 37.2 Å². The molecule has 0 saturated carbocycles. The Morgan fingerprint density at radius 1 is 1.12 bits per heavy atom. The largest absolute Gasteiger partial charge is 0.480 e. The van der Waals surface area contributed by atoms with Gasteiger partial charge in [0.25, 0.3) is 5.89 Å². The van der Waals surface area contributed by atoms with Crippen LogP contribution in [0, 0.1) is 0 Å². The first kappa shape index (κ1) is 17.3. The smallest absolute Gasteiger partial charge is 0.344 e. The molecule has 0 unspecified atom stereocenters. The topological polar surface area (TPSA) is 74.5 Å². The second-order valence-electron chi connectivity index (χ2n) is 4.90. The summed E-state index contributed by atoms with van der Waals surface area (Å²) in [6, 6.07) is 14.0. The third-order valence-corrected chi connectivity index (χ3v) is 3.63. The average molecular weight is 379 g/mol. The molecule has 0 N–H and O–H groups in total. The van der Waals surface area contributed by atoms with Gasteiger partial charge < -0.3 is 14.0 Å². The zero-order valence-corrected chi connectivity index (χ0v) is 14.3.